The van der Waals surface area contributed by atoms with E-state index >= 15 is 0 Å². The number of hydrogen-bond acceptors (Lipinski definition) is 3. The molecule has 0 radical (unpaired) electrons. The first kappa shape index (κ1) is 14.8. The Bertz CT molecular complexity index is 569. The normalized spacial score (nSPS) is 13.8. The van der Waals surface area contributed by atoms with Crippen molar-refractivity contribution in [3.63, 3.8) is 0 Å². The standard InChI is InChI=1S/C15H17ClN2O2/c1-3-6-17-8-10(2)9-18-13-7-11(16)4-5-12(13)14(19)15(18)20/h4-5,7,17H,2-3,6,8-9H2,1H3. The molecule has 106 valence electrons. The van der Waals surface area contributed by atoms with Crippen molar-refractivity contribution in [1.29, 1.82) is 0 Å². The molecule has 1 heterocycles. The monoisotopic (exact) mass is 292 g/mol. The van der Waals surface area contributed by atoms with Crippen LogP contribution < -0.4 is 10.2 Å². The fraction of sp³-hybridized carbons (Fsp3) is 0.333. The summed E-state index contributed by atoms with van der Waals surface area (Å²) < 4.78 is 0. The van der Waals surface area contributed by atoms with Crippen LogP contribution in [0.25, 0.3) is 0 Å². The number of halogens is 1. The van der Waals surface area contributed by atoms with E-state index in [2.05, 4.69) is 18.8 Å². The first-order chi connectivity index (χ1) is 9.54. The van der Waals surface area contributed by atoms with Crippen molar-refractivity contribution in [3.05, 3.63) is 40.9 Å². The largest absolute Gasteiger partial charge is 0.313 e. The number of rotatable bonds is 6. The lowest BCUT2D eigenvalue weighted by Gasteiger charge is -2.18. The second-order valence-corrected chi connectivity index (χ2v) is 5.25. The predicted molar refractivity (Wildman–Crippen MR) is 80.4 cm³/mol. The molecule has 2 rings (SSSR count). The van der Waals surface area contributed by atoms with Crippen molar-refractivity contribution < 1.29 is 9.59 Å². The molecule has 4 nitrogen and oxygen atoms in total. The third-order valence-corrected chi connectivity index (χ3v) is 3.35. The van der Waals surface area contributed by atoms with Crippen LogP contribution in [0.2, 0.25) is 5.02 Å². The van der Waals surface area contributed by atoms with Gasteiger partial charge in [-0.15, -0.1) is 0 Å². The highest BCUT2D eigenvalue weighted by atomic mass is 35.5. The number of nitrogens with zero attached hydrogens (tertiary/aromatic N) is 1. The SMILES string of the molecule is C=C(CNCCC)CN1C(=O)C(=O)c2ccc(Cl)cc21. The van der Waals surface area contributed by atoms with Crippen molar-refractivity contribution in [2.24, 2.45) is 0 Å². The summed E-state index contributed by atoms with van der Waals surface area (Å²) in [6.07, 6.45) is 1.03. The molecule has 1 amide bonds. The molecular weight excluding hydrogens is 276 g/mol. The maximum Gasteiger partial charge on any atom is 0.299 e. The number of nitrogens with one attached hydrogen (secondary N) is 1. The molecule has 0 bridgehead atoms. The third-order valence-electron chi connectivity index (χ3n) is 3.12. The van der Waals surface area contributed by atoms with E-state index in [-0.39, 0.29) is 0 Å². The van der Waals surface area contributed by atoms with Gasteiger partial charge in [0.05, 0.1) is 11.3 Å². The number of benzene rings is 1. The summed E-state index contributed by atoms with van der Waals surface area (Å²) >= 11 is 5.94. The smallest absolute Gasteiger partial charge is 0.299 e. The van der Waals surface area contributed by atoms with E-state index in [1.165, 1.54) is 4.90 Å². The quantitative estimate of drug-likeness (QED) is 0.498. The van der Waals surface area contributed by atoms with Gasteiger partial charge >= 0.3 is 0 Å². The lowest BCUT2D eigenvalue weighted by Crippen LogP contribution is -2.33. The minimum absolute atomic E-state index is 0.328. The molecule has 0 spiro atoms. The molecule has 1 aliphatic heterocycles. The van der Waals surface area contributed by atoms with Crippen LogP contribution in [-0.4, -0.2) is 31.3 Å². The third kappa shape index (κ3) is 2.92. The van der Waals surface area contributed by atoms with Gasteiger partial charge in [0.1, 0.15) is 0 Å². The van der Waals surface area contributed by atoms with Gasteiger partial charge < -0.3 is 10.2 Å². The Morgan fingerprint density at radius 1 is 1.40 bits per heavy atom. The van der Waals surface area contributed by atoms with Crippen LogP contribution in [0.15, 0.2) is 30.4 Å². The van der Waals surface area contributed by atoms with Crippen LogP contribution >= 0.6 is 11.6 Å². The molecule has 0 atom stereocenters. The molecule has 1 N–H and O–H groups in total. The van der Waals surface area contributed by atoms with Crippen molar-refractivity contribution in [1.82, 2.24) is 5.32 Å². The average molecular weight is 293 g/mol. The van der Waals surface area contributed by atoms with E-state index in [0.29, 0.717) is 29.4 Å². The zero-order chi connectivity index (χ0) is 14.7. The number of amides is 1. The highest BCUT2D eigenvalue weighted by molar-refractivity contribution is 6.52. The van der Waals surface area contributed by atoms with Crippen LogP contribution in [0.5, 0.6) is 0 Å². The molecule has 0 saturated heterocycles. The van der Waals surface area contributed by atoms with E-state index in [1.807, 2.05) is 0 Å². The summed E-state index contributed by atoms with van der Waals surface area (Å²) in [7, 11) is 0. The van der Waals surface area contributed by atoms with Gasteiger partial charge in [0.15, 0.2) is 0 Å². The number of fused-ring (bicyclic) bond motifs is 1. The van der Waals surface area contributed by atoms with Gasteiger partial charge in [-0.1, -0.05) is 25.1 Å². The fourth-order valence-corrected chi connectivity index (χ4v) is 2.31. The number of hydrogen-bond donors (Lipinski definition) is 1. The van der Waals surface area contributed by atoms with Gasteiger partial charge in [0, 0.05) is 18.1 Å². The topological polar surface area (TPSA) is 49.4 Å². The second-order valence-electron chi connectivity index (χ2n) is 4.81. The number of anilines is 1. The van der Waals surface area contributed by atoms with E-state index in [9.17, 15) is 9.59 Å². The van der Waals surface area contributed by atoms with E-state index in [0.717, 1.165) is 18.5 Å². The van der Waals surface area contributed by atoms with Gasteiger partial charge in [-0.3, -0.25) is 9.59 Å². The minimum Gasteiger partial charge on any atom is -0.313 e. The molecular formula is C15H17ClN2O2. The number of carbonyl (C=O) groups is 2. The molecule has 0 aromatic heterocycles. The molecule has 1 aliphatic rings. The lowest BCUT2D eigenvalue weighted by atomic mass is 10.1. The van der Waals surface area contributed by atoms with Gasteiger partial charge in [-0.2, -0.15) is 0 Å². The highest BCUT2D eigenvalue weighted by Crippen LogP contribution is 2.31. The first-order valence-electron chi connectivity index (χ1n) is 6.57. The van der Waals surface area contributed by atoms with Crippen LogP contribution in [-0.2, 0) is 4.79 Å². The maximum absolute atomic E-state index is 12.0. The Labute approximate surface area is 123 Å². The van der Waals surface area contributed by atoms with Crippen molar-refractivity contribution >= 4 is 29.0 Å². The molecule has 20 heavy (non-hydrogen) atoms. The summed E-state index contributed by atoms with van der Waals surface area (Å²) in [5, 5.41) is 3.73. The van der Waals surface area contributed by atoms with E-state index in [4.69, 9.17) is 11.6 Å². The fourth-order valence-electron chi connectivity index (χ4n) is 2.15. The van der Waals surface area contributed by atoms with Crippen molar-refractivity contribution in [2.75, 3.05) is 24.5 Å². The molecule has 0 fully saturated rings. The van der Waals surface area contributed by atoms with Crippen molar-refractivity contribution in [3.8, 4) is 0 Å². The zero-order valence-electron chi connectivity index (χ0n) is 11.4. The second kappa shape index (κ2) is 6.20. The molecule has 0 unspecified atom stereocenters. The van der Waals surface area contributed by atoms with E-state index in [1.54, 1.807) is 18.2 Å². The Kier molecular flexibility index (Phi) is 4.57. The van der Waals surface area contributed by atoms with Crippen LogP contribution in [0, 0.1) is 0 Å². The number of Topliss-reactive ketones (excluding diaryl/α,β-unsaturated/α-hetero) is 1. The molecule has 1 aromatic rings. The molecule has 0 aliphatic carbocycles. The average Bonchev–Trinajstić information content (AvgIpc) is 2.64. The summed E-state index contributed by atoms with van der Waals surface area (Å²) in [6, 6.07) is 4.86. The maximum atomic E-state index is 12.0. The Morgan fingerprint density at radius 2 is 2.15 bits per heavy atom. The van der Waals surface area contributed by atoms with Crippen LogP contribution in [0.3, 0.4) is 0 Å². The summed E-state index contributed by atoms with van der Waals surface area (Å²) in [6.45, 7) is 7.88. The van der Waals surface area contributed by atoms with Gasteiger partial charge in [-0.25, -0.2) is 0 Å². The lowest BCUT2D eigenvalue weighted by molar-refractivity contribution is -0.114. The summed E-state index contributed by atoms with van der Waals surface area (Å²) in [5.41, 5.74) is 1.84. The minimum atomic E-state index is -0.515. The highest BCUT2D eigenvalue weighted by Gasteiger charge is 2.35. The first-order valence-corrected chi connectivity index (χ1v) is 6.95. The predicted octanol–water partition coefficient (Wildman–Crippen LogP) is 2.43. The van der Waals surface area contributed by atoms with Crippen LogP contribution in [0.4, 0.5) is 5.69 Å². The molecule has 0 saturated carbocycles. The van der Waals surface area contributed by atoms with Gasteiger partial charge in [0.25, 0.3) is 11.7 Å². The molecule has 1 aromatic carbocycles. The molecule has 5 heteroatoms. The Hall–Kier alpha value is -1.65. The van der Waals surface area contributed by atoms with Gasteiger partial charge in [-0.05, 0) is 36.7 Å². The van der Waals surface area contributed by atoms with E-state index < -0.39 is 11.7 Å². The summed E-state index contributed by atoms with van der Waals surface area (Å²) in [4.78, 5) is 25.3. The summed E-state index contributed by atoms with van der Waals surface area (Å²) in [5.74, 6) is -0.995. The Balaban J connectivity index is 2.13. The van der Waals surface area contributed by atoms with Crippen molar-refractivity contribution in [2.45, 2.75) is 13.3 Å². The number of ketones is 1. The number of carbonyl (C=O) groups excluding carboxylic acids is 2. The Morgan fingerprint density at radius 3 is 2.85 bits per heavy atom. The zero-order valence-corrected chi connectivity index (χ0v) is 12.2. The van der Waals surface area contributed by atoms with Crippen LogP contribution in [0.1, 0.15) is 23.7 Å². The van der Waals surface area contributed by atoms with Gasteiger partial charge in [0.2, 0.25) is 0 Å².